The zero-order chi connectivity index (χ0) is 13.0. The first-order valence-electron chi connectivity index (χ1n) is 7.15. The van der Waals surface area contributed by atoms with Gasteiger partial charge in [-0.2, -0.15) is 0 Å². The molecule has 2 heteroatoms. The van der Waals surface area contributed by atoms with E-state index in [1.54, 1.807) is 0 Å². The molecule has 3 atom stereocenters. The number of likely N-dealkylation sites (tertiary alicyclic amines) is 1. The Labute approximate surface area is 111 Å². The molecule has 1 aliphatic rings. The van der Waals surface area contributed by atoms with Crippen molar-refractivity contribution in [3.63, 3.8) is 0 Å². The van der Waals surface area contributed by atoms with Crippen LogP contribution in [0.15, 0.2) is 30.3 Å². The van der Waals surface area contributed by atoms with E-state index in [9.17, 15) is 0 Å². The van der Waals surface area contributed by atoms with Crippen LogP contribution in [0.2, 0.25) is 0 Å². The highest BCUT2D eigenvalue weighted by Crippen LogP contribution is 2.24. The van der Waals surface area contributed by atoms with Gasteiger partial charge in [-0.3, -0.25) is 0 Å². The van der Waals surface area contributed by atoms with E-state index < -0.39 is 0 Å². The average molecular weight is 246 g/mol. The maximum atomic E-state index is 3.48. The molecular weight excluding hydrogens is 220 g/mol. The highest BCUT2D eigenvalue weighted by atomic mass is 15.1. The van der Waals surface area contributed by atoms with Gasteiger partial charge in [-0.25, -0.2) is 0 Å². The molecule has 0 amide bonds. The molecule has 1 aromatic rings. The van der Waals surface area contributed by atoms with Crippen LogP contribution < -0.4 is 5.32 Å². The smallest absolute Gasteiger partial charge is 0.0355 e. The summed E-state index contributed by atoms with van der Waals surface area (Å²) in [7, 11) is 2.07. The van der Waals surface area contributed by atoms with Gasteiger partial charge in [-0.1, -0.05) is 44.2 Å². The zero-order valence-electron chi connectivity index (χ0n) is 11.9. The largest absolute Gasteiger partial charge is 0.313 e. The third kappa shape index (κ3) is 3.33. The van der Waals surface area contributed by atoms with Crippen molar-refractivity contribution in [1.29, 1.82) is 0 Å². The van der Waals surface area contributed by atoms with Crippen LogP contribution in [0.5, 0.6) is 0 Å². The van der Waals surface area contributed by atoms with Gasteiger partial charge in [0.05, 0.1) is 0 Å². The van der Waals surface area contributed by atoms with Gasteiger partial charge >= 0.3 is 0 Å². The van der Waals surface area contributed by atoms with Gasteiger partial charge in [0.15, 0.2) is 0 Å². The number of rotatable bonds is 5. The summed E-state index contributed by atoms with van der Waals surface area (Å²) in [5.74, 6) is 1.52. The highest BCUT2D eigenvalue weighted by molar-refractivity contribution is 5.19. The predicted molar refractivity (Wildman–Crippen MR) is 77.6 cm³/mol. The van der Waals surface area contributed by atoms with Gasteiger partial charge in [0, 0.05) is 19.1 Å². The van der Waals surface area contributed by atoms with E-state index in [0.717, 1.165) is 5.92 Å². The number of benzene rings is 1. The molecule has 18 heavy (non-hydrogen) atoms. The second-order valence-corrected chi connectivity index (χ2v) is 5.81. The molecule has 2 nitrogen and oxygen atoms in total. The summed E-state index contributed by atoms with van der Waals surface area (Å²) in [6.07, 6.45) is 1.36. The number of hydrogen-bond acceptors (Lipinski definition) is 2. The molecule has 0 aliphatic carbocycles. The molecule has 1 aromatic carbocycles. The van der Waals surface area contributed by atoms with E-state index >= 15 is 0 Å². The Morgan fingerprint density at radius 1 is 1.33 bits per heavy atom. The molecule has 100 valence electrons. The van der Waals surface area contributed by atoms with E-state index in [1.165, 1.54) is 31.6 Å². The van der Waals surface area contributed by atoms with Crippen LogP contribution in [0.25, 0.3) is 0 Å². The number of hydrogen-bond donors (Lipinski definition) is 1. The summed E-state index contributed by atoms with van der Waals surface area (Å²) in [5, 5.41) is 3.48. The summed E-state index contributed by atoms with van der Waals surface area (Å²) in [4.78, 5) is 2.61. The van der Waals surface area contributed by atoms with Crippen molar-refractivity contribution in [3.05, 3.63) is 35.9 Å². The van der Waals surface area contributed by atoms with Crippen molar-refractivity contribution < 1.29 is 0 Å². The van der Waals surface area contributed by atoms with Gasteiger partial charge in [0.2, 0.25) is 0 Å². The lowest BCUT2D eigenvalue weighted by Crippen LogP contribution is -2.33. The SMILES string of the molecule is CNC(c1ccccc1)C(C)CN1CCC(C)C1. The van der Waals surface area contributed by atoms with Crippen LogP contribution in [-0.2, 0) is 0 Å². The molecular formula is C16H26N2. The van der Waals surface area contributed by atoms with Gasteiger partial charge in [0.1, 0.15) is 0 Å². The van der Waals surface area contributed by atoms with Crippen LogP contribution in [0, 0.1) is 11.8 Å². The fourth-order valence-electron chi connectivity index (χ4n) is 3.14. The second kappa shape index (κ2) is 6.35. The molecule has 1 aliphatic heterocycles. The Hall–Kier alpha value is -0.860. The predicted octanol–water partition coefficient (Wildman–Crippen LogP) is 2.93. The number of nitrogens with one attached hydrogen (secondary N) is 1. The van der Waals surface area contributed by atoms with Crippen molar-refractivity contribution in [2.45, 2.75) is 26.3 Å². The first-order valence-corrected chi connectivity index (χ1v) is 7.15. The summed E-state index contributed by atoms with van der Waals surface area (Å²) >= 11 is 0. The van der Waals surface area contributed by atoms with E-state index in [0.29, 0.717) is 12.0 Å². The third-order valence-corrected chi connectivity index (χ3v) is 4.09. The molecule has 2 rings (SSSR count). The van der Waals surface area contributed by atoms with Crippen molar-refractivity contribution in [1.82, 2.24) is 10.2 Å². The number of nitrogens with zero attached hydrogens (tertiary/aromatic N) is 1. The molecule has 1 saturated heterocycles. The van der Waals surface area contributed by atoms with Crippen molar-refractivity contribution in [3.8, 4) is 0 Å². The molecule has 0 saturated carbocycles. The Morgan fingerprint density at radius 3 is 2.61 bits per heavy atom. The minimum Gasteiger partial charge on any atom is -0.313 e. The fourth-order valence-corrected chi connectivity index (χ4v) is 3.14. The second-order valence-electron chi connectivity index (χ2n) is 5.81. The molecule has 0 radical (unpaired) electrons. The van der Waals surface area contributed by atoms with Crippen molar-refractivity contribution in [2.75, 3.05) is 26.7 Å². The van der Waals surface area contributed by atoms with Crippen molar-refractivity contribution in [2.24, 2.45) is 11.8 Å². The Bertz CT molecular complexity index is 349. The minimum absolute atomic E-state index is 0.460. The monoisotopic (exact) mass is 246 g/mol. The highest BCUT2D eigenvalue weighted by Gasteiger charge is 2.24. The first-order chi connectivity index (χ1) is 8.70. The molecule has 0 aromatic heterocycles. The minimum atomic E-state index is 0.460. The first kappa shape index (κ1) is 13.6. The summed E-state index contributed by atoms with van der Waals surface area (Å²) < 4.78 is 0. The molecule has 0 bridgehead atoms. The Balaban J connectivity index is 1.95. The molecule has 3 unspecified atom stereocenters. The lowest BCUT2D eigenvalue weighted by Gasteiger charge is -2.28. The summed E-state index contributed by atoms with van der Waals surface area (Å²) in [6.45, 7) is 8.46. The van der Waals surface area contributed by atoms with Gasteiger partial charge < -0.3 is 10.2 Å². The third-order valence-electron chi connectivity index (χ3n) is 4.09. The lowest BCUT2D eigenvalue weighted by atomic mass is 9.94. The Kier molecular flexibility index (Phi) is 4.79. The van der Waals surface area contributed by atoms with E-state index in [4.69, 9.17) is 0 Å². The maximum absolute atomic E-state index is 3.48. The molecule has 0 spiro atoms. The van der Waals surface area contributed by atoms with Crippen LogP contribution in [0.1, 0.15) is 31.9 Å². The van der Waals surface area contributed by atoms with Gasteiger partial charge in [-0.05, 0) is 37.4 Å². The van der Waals surface area contributed by atoms with Crippen LogP contribution in [0.3, 0.4) is 0 Å². The van der Waals surface area contributed by atoms with E-state index in [-0.39, 0.29) is 0 Å². The Morgan fingerprint density at radius 2 is 2.06 bits per heavy atom. The van der Waals surface area contributed by atoms with E-state index in [2.05, 4.69) is 61.4 Å². The maximum Gasteiger partial charge on any atom is 0.0355 e. The normalized spacial score (nSPS) is 24.1. The van der Waals surface area contributed by atoms with Crippen LogP contribution in [0.4, 0.5) is 0 Å². The standard InChI is InChI=1S/C16H26N2/c1-13-9-10-18(11-13)12-14(2)16(17-3)15-7-5-4-6-8-15/h4-8,13-14,16-17H,9-12H2,1-3H3. The summed E-state index contributed by atoms with van der Waals surface area (Å²) in [5.41, 5.74) is 1.40. The van der Waals surface area contributed by atoms with Crippen LogP contribution in [-0.4, -0.2) is 31.6 Å². The zero-order valence-corrected chi connectivity index (χ0v) is 11.9. The van der Waals surface area contributed by atoms with E-state index in [1.807, 2.05) is 0 Å². The van der Waals surface area contributed by atoms with Crippen LogP contribution >= 0.6 is 0 Å². The van der Waals surface area contributed by atoms with Gasteiger partial charge in [-0.15, -0.1) is 0 Å². The van der Waals surface area contributed by atoms with Crippen molar-refractivity contribution >= 4 is 0 Å². The summed E-state index contributed by atoms with van der Waals surface area (Å²) in [6, 6.07) is 11.3. The average Bonchev–Trinajstić information content (AvgIpc) is 2.77. The molecule has 1 fully saturated rings. The lowest BCUT2D eigenvalue weighted by molar-refractivity contribution is 0.247. The quantitative estimate of drug-likeness (QED) is 0.859. The topological polar surface area (TPSA) is 15.3 Å². The molecule has 1 heterocycles. The molecule has 1 N–H and O–H groups in total. The van der Waals surface area contributed by atoms with Gasteiger partial charge in [0.25, 0.3) is 0 Å². The fraction of sp³-hybridized carbons (Fsp3) is 0.625.